The molecule has 0 radical (unpaired) electrons. The van der Waals surface area contributed by atoms with E-state index in [1.807, 2.05) is 24.3 Å². The van der Waals surface area contributed by atoms with Crippen LogP contribution in [0.25, 0.3) is 0 Å². The lowest BCUT2D eigenvalue weighted by Gasteiger charge is -2.14. The Hall–Kier alpha value is -2.56. The first-order valence-electron chi connectivity index (χ1n) is 6.62. The van der Waals surface area contributed by atoms with Crippen LogP contribution in [-0.2, 0) is 9.63 Å². The second-order valence-corrected chi connectivity index (χ2v) is 4.83. The third-order valence-electron chi connectivity index (χ3n) is 3.51. The zero-order valence-corrected chi connectivity index (χ0v) is 11.8. The Bertz CT molecular complexity index is 658. The van der Waals surface area contributed by atoms with Gasteiger partial charge in [0.15, 0.2) is 6.10 Å². The molecule has 5 heteroatoms. The topological polar surface area (TPSA) is 61.0 Å². The Kier molecular flexibility index (Phi) is 3.48. The first kappa shape index (κ1) is 13.4. The number of ketones is 1. The van der Waals surface area contributed by atoms with E-state index >= 15 is 0 Å². The van der Waals surface area contributed by atoms with Gasteiger partial charge in [0, 0.05) is 5.56 Å². The van der Waals surface area contributed by atoms with Crippen LogP contribution in [-0.4, -0.2) is 18.6 Å². The van der Waals surface area contributed by atoms with Gasteiger partial charge in [0.2, 0.25) is 0 Å². The molecular formula is C16H15NO4. The molecule has 1 aromatic heterocycles. The lowest BCUT2D eigenvalue weighted by atomic mass is 9.88. The molecule has 0 unspecified atom stereocenters. The van der Waals surface area contributed by atoms with Gasteiger partial charge in [-0.2, -0.15) is 0 Å². The number of nitrogens with zero attached hydrogens (tertiary/aromatic N) is 1. The molecule has 2 heterocycles. The highest BCUT2D eigenvalue weighted by Gasteiger charge is 2.41. The second kappa shape index (κ2) is 5.44. The molecule has 1 aliphatic heterocycles. The molecule has 0 N–H and O–H groups in total. The number of methoxy groups -OCH3 is 1. The Morgan fingerprint density at radius 1 is 1.24 bits per heavy atom. The first-order valence-corrected chi connectivity index (χ1v) is 6.62. The highest BCUT2D eigenvalue weighted by Crippen LogP contribution is 2.36. The smallest absolute Gasteiger partial charge is 0.200 e. The third-order valence-corrected chi connectivity index (χ3v) is 3.51. The Balaban J connectivity index is 1.92. The number of carbonyl (C=O) groups is 1. The molecule has 0 fully saturated rings. The number of ether oxygens (including phenoxy) is 1. The SMILES string of the molecule is COc1ccc(C2=NO[C@H](c3ccco3)[C@H]2C(C)=O)cc1. The minimum Gasteiger partial charge on any atom is -0.497 e. The molecular weight excluding hydrogens is 270 g/mol. The zero-order valence-electron chi connectivity index (χ0n) is 11.8. The molecule has 5 nitrogen and oxygen atoms in total. The van der Waals surface area contributed by atoms with Gasteiger partial charge in [0.05, 0.1) is 13.4 Å². The summed E-state index contributed by atoms with van der Waals surface area (Å²) in [6.07, 6.45) is 1.05. The van der Waals surface area contributed by atoms with Crippen molar-refractivity contribution in [3.05, 3.63) is 54.0 Å². The van der Waals surface area contributed by atoms with Crippen molar-refractivity contribution in [2.45, 2.75) is 13.0 Å². The van der Waals surface area contributed by atoms with Crippen LogP contribution in [0.5, 0.6) is 5.75 Å². The molecule has 0 bridgehead atoms. The van der Waals surface area contributed by atoms with Crippen molar-refractivity contribution in [2.24, 2.45) is 11.1 Å². The van der Waals surface area contributed by atoms with Gasteiger partial charge in [0.25, 0.3) is 0 Å². The van der Waals surface area contributed by atoms with Gasteiger partial charge < -0.3 is 14.0 Å². The molecule has 0 spiro atoms. The lowest BCUT2D eigenvalue weighted by Crippen LogP contribution is -2.25. The normalized spacial score (nSPS) is 20.8. The van der Waals surface area contributed by atoms with E-state index in [4.69, 9.17) is 14.0 Å². The number of carbonyl (C=O) groups excluding carboxylic acids is 1. The quantitative estimate of drug-likeness (QED) is 0.866. The van der Waals surface area contributed by atoms with Gasteiger partial charge in [-0.15, -0.1) is 0 Å². The number of furan rings is 1. The van der Waals surface area contributed by atoms with E-state index in [1.54, 1.807) is 25.5 Å². The number of hydrogen-bond acceptors (Lipinski definition) is 5. The van der Waals surface area contributed by atoms with Crippen LogP contribution in [0.4, 0.5) is 0 Å². The number of rotatable bonds is 4. The number of oxime groups is 1. The van der Waals surface area contributed by atoms with Gasteiger partial charge in [-0.1, -0.05) is 5.16 Å². The highest BCUT2D eigenvalue weighted by atomic mass is 16.6. The molecule has 21 heavy (non-hydrogen) atoms. The molecule has 1 aliphatic rings. The lowest BCUT2D eigenvalue weighted by molar-refractivity contribution is -0.122. The monoisotopic (exact) mass is 285 g/mol. The van der Waals surface area contributed by atoms with Crippen molar-refractivity contribution in [1.82, 2.24) is 0 Å². The second-order valence-electron chi connectivity index (χ2n) is 4.83. The molecule has 1 aromatic carbocycles. The van der Waals surface area contributed by atoms with Crippen molar-refractivity contribution in [2.75, 3.05) is 7.11 Å². The average Bonchev–Trinajstić information content (AvgIpc) is 3.16. The maximum absolute atomic E-state index is 12.0. The summed E-state index contributed by atoms with van der Waals surface area (Å²) in [7, 11) is 1.61. The third kappa shape index (κ3) is 2.42. The van der Waals surface area contributed by atoms with Gasteiger partial charge in [0.1, 0.15) is 28.9 Å². The molecule has 2 aromatic rings. The number of benzene rings is 1. The Morgan fingerprint density at radius 2 is 2.00 bits per heavy atom. The van der Waals surface area contributed by atoms with E-state index in [0.717, 1.165) is 11.3 Å². The Labute approximate surface area is 122 Å². The summed E-state index contributed by atoms with van der Waals surface area (Å²) >= 11 is 0. The molecule has 0 amide bonds. The summed E-state index contributed by atoms with van der Waals surface area (Å²) in [5.41, 5.74) is 1.46. The number of Topliss-reactive ketones (excluding diaryl/α,β-unsaturated/α-hetero) is 1. The fraction of sp³-hybridized carbons (Fsp3) is 0.250. The first-order chi connectivity index (χ1) is 10.2. The van der Waals surface area contributed by atoms with E-state index in [1.165, 1.54) is 6.92 Å². The van der Waals surface area contributed by atoms with E-state index in [0.29, 0.717) is 11.5 Å². The van der Waals surface area contributed by atoms with Crippen LogP contribution < -0.4 is 4.74 Å². The highest BCUT2D eigenvalue weighted by molar-refractivity contribution is 6.14. The maximum Gasteiger partial charge on any atom is 0.200 e. The molecule has 2 atom stereocenters. The standard InChI is InChI=1S/C16H15NO4/c1-10(18)14-15(11-5-7-12(19-2)8-6-11)17-21-16(14)13-4-3-9-20-13/h3-9,14,16H,1-2H3/t14-,16+/m0/s1. The van der Waals surface area contributed by atoms with Crippen molar-refractivity contribution in [3.63, 3.8) is 0 Å². The van der Waals surface area contributed by atoms with Crippen LogP contribution in [0.1, 0.15) is 24.4 Å². The van der Waals surface area contributed by atoms with Crippen molar-refractivity contribution in [3.8, 4) is 5.75 Å². The number of hydrogen-bond donors (Lipinski definition) is 0. The van der Waals surface area contributed by atoms with Crippen molar-refractivity contribution < 1.29 is 18.8 Å². The summed E-state index contributed by atoms with van der Waals surface area (Å²) in [5, 5.41) is 4.10. The molecule has 0 saturated carbocycles. The summed E-state index contributed by atoms with van der Waals surface area (Å²) in [5.74, 6) is 0.871. The van der Waals surface area contributed by atoms with Gasteiger partial charge in [-0.3, -0.25) is 4.79 Å². The van der Waals surface area contributed by atoms with Gasteiger partial charge in [-0.05, 0) is 43.3 Å². The van der Waals surface area contributed by atoms with Gasteiger partial charge in [-0.25, -0.2) is 0 Å². The largest absolute Gasteiger partial charge is 0.497 e. The van der Waals surface area contributed by atoms with Crippen molar-refractivity contribution in [1.29, 1.82) is 0 Å². The van der Waals surface area contributed by atoms with Crippen molar-refractivity contribution >= 4 is 11.5 Å². The van der Waals surface area contributed by atoms with Crippen LogP contribution in [0.3, 0.4) is 0 Å². The fourth-order valence-electron chi connectivity index (χ4n) is 2.44. The van der Waals surface area contributed by atoms with Gasteiger partial charge >= 0.3 is 0 Å². The van der Waals surface area contributed by atoms with E-state index < -0.39 is 12.0 Å². The molecule has 0 saturated heterocycles. The summed E-state index contributed by atoms with van der Waals surface area (Å²) in [6, 6.07) is 10.9. The summed E-state index contributed by atoms with van der Waals surface area (Å²) in [6.45, 7) is 1.54. The minimum absolute atomic E-state index is 0.0107. The predicted molar refractivity (Wildman–Crippen MR) is 76.2 cm³/mol. The maximum atomic E-state index is 12.0. The minimum atomic E-state index is -0.505. The molecule has 3 rings (SSSR count). The van der Waals surface area contributed by atoms with E-state index in [-0.39, 0.29) is 5.78 Å². The van der Waals surface area contributed by atoms with E-state index in [9.17, 15) is 4.79 Å². The van der Waals surface area contributed by atoms with E-state index in [2.05, 4.69) is 5.16 Å². The predicted octanol–water partition coefficient (Wildman–Crippen LogP) is 2.97. The summed E-state index contributed by atoms with van der Waals surface area (Å²) < 4.78 is 10.5. The molecule has 108 valence electrons. The Morgan fingerprint density at radius 3 is 2.57 bits per heavy atom. The molecule has 0 aliphatic carbocycles. The van der Waals surface area contributed by atoms with Crippen LogP contribution >= 0.6 is 0 Å². The summed E-state index contributed by atoms with van der Waals surface area (Å²) in [4.78, 5) is 17.5. The fourth-order valence-corrected chi connectivity index (χ4v) is 2.44. The zero-order chi connectivity index (χ0) is 14.8. The van der Waals surface area contributed by atoms with Crippen LogP contribution in [0.2, 0.25) is 0 Å². The van der Waals surface area contributed by atoms with Crippen LogP contribution in [0, 0.1) is 5.92 Å². The van der Waals surface area contributed by atoms with Crippen LogP contribution in [0.15, 0.2) is 52.2 Å². The average molecular weight is 285 g/mol.